The molecule has 0 amide bonds. The van der Waals surface area contributed by atoms with Gasteiger partial charge in [0.15, 0.2) is 4.77 Å². The Bertz CT molecular complexity index is 750. The summed E-state index contributed by atoms with van der Waals surface area (Å²) in [4.78, 5) is 4.82. The van der Waals surface area contributed by atoms with E-state index in [1.54, 1.807) is 0 Å². The third-order valence-corrected chi connectivity index (χ3v) is 5.28. The maximum absolute atomic E-state index is 5.88. The van der Waals surface area contributed by atoms with Crippen molar-refractivity contribution in [2.45, 2.75) is 26.6 Å². The van der Waals surface area contributed by atoms with E-state index in [1.807, 2.05) is 39.8 Å². The van der Waals surface area contributed by atoms with E-state index in [1.165, 1.54) is 0 Å². The molecule has 0 N–H and O–H groups in total. The summed E-state index contributed by atoms with van der Waals surface area (Å²) in [5, 5.41) is 5.16. The van der Waals surface area contributed by atoms with Crippen LogP contribution in [0.1, 0.15) is 19.9 Å². The number of rotatable bonds is 7. The molecular formula is C18H26ClN5OS. The average Bonchev–Trinajstić information content (AvgIpc) is 2.99. The van der Waals surface area contributed by atoms with Crippen molar-refractivity contribution in [3.05, 3.63) is 40.4 Å². The predicted octanol–water partition coefficient (Wildman–Crippen LogP) is 3.30. The molecule has 1 fully saturated rings. The molecule has 1 saturated heterocycles. The highest BCUT2D eigenvalue weighted by atomic mass is 35.5. The van der Waals surface area contributed by atoms with Gasteiger partial charge in [-0.05, 0) is 50.3 Å². The highest BCUT2D eigenvalue weighted by Crippen LogP contribution is 2.15. The first-order valence-electron chi connectivity index (χ1n) is 9.00. The normalized spacial score (nSPS) is 16.3. The van der Waals surface area contributed by atoms with Gasteiger partial charge in [0.2, 0.25) is 0 Å². The Morgan fingerprint density at radius 3 is 2.38 bits per heavy atom. The fourth-order valence-corrected chi connectivity index (χ4v) is 3.46. The predicted molar refractivity (Wildman–Crippen MR) is 106 cm³/mol. The summed E-state index contributed by atoms with van der Waals surface area (Å²) in [7, 11) is 0. The molecule has 2 heterocycles. The molecule has 1 aliphatic heterocycles. The van der Waals surface area contributed by atoms with Gasteiger partial charge < -0.3 is 9.30 Å². The molecule has 0 radical (unpaired) electrons. The summed E-state index contributed by atoms with van der Waals surface area (Å²) in [5.41, 5.74) is 0. The van der Waals surface area contributed by atoms with E-state index in [2.05, 4.69) is 28.7 Å². The smallest absolute Gasteiger partial charge is 0.199 e. The lowest BCUT2D eigenvalue weighted by molar-refractivity contribution is 0.0920. The third-order valence-electron chi connectivity index (χ3n) is 4.60. The molecule has 8 heteroatoms. The number of halogens is 1. The molecular weight excluding hydrogens is 370 g/mol. The number of piperazine rings is 1. The van der Waals surface area contributed by atoms with Crippen molar-refractivity contribution < 1.29 is 4.74 Å². The second-order valence-corrected chi connectivity index (χ2v) is 7.62. The van der Waals surface area contributed by atoms with Gasteiger partial charge in [0, 0.05) is 43.8 Å². The molecule has 6 nitrogen and oxygen atoms in total. The van der Waals surface area contributed by atoms with Crippen molar-refractivity contribution in [1.82, 2.24) is 24.1 Å². The van der Waals surface area contributed by atoms with E-state index in [9.17, 15) is 0 Å². The second-order valence-electron chi connectivity index (χ2n) is 6.82. The van der Waals surface area contributed by atoms with E-state index < -0.39 is 0 Å². The Kier molecular flexibility index (Phi) is 6.69. The van der Waals surface area contributed by atoms with E-state index in [0.717, 1.165) is 54.9 Å². The molecule has 1 aliphatic rings. The Hall–Kier alpha value is -1.41. The van der Waals surface area contributed by atoms with Gasteiger partial charge in [0.05, 0.1) is 6.67 Å². The molecule has 0 atom stereocenters. The summed E-state index contributed by atoms with van der Waals surface area (Å²) in [6.45, 7) is 10.7. The minimum absolute atomic E-state index is 0.341. The quantitative estimate of drug-likeness (QED) is 0.672. The number of nitrogens with zero attached hydrogens (tertiary/aromatic N) is 5. The van der Waals surface area contributed by atoms with Crippen molar-refractivity contribution in [2.24, 2.45) is 0 Å². The molecule has 0 bridgehead atoms. The fraction of sp³-hybridized carbons (Fsp3) is 0.556. The molecule has 3 rings (SSSR count). The molecule has 0 spiro atoms. The molecule has 2 aromatic rings. The number of hydrogen-bond donors (Lipinski definition) is 0. The van der Waals surface area contributed by atoms with Gasteiger partial charge in [0.25, 0.3) is 0 Å². The Labute approximate surface area is 164 Å². The van der Waals surface area contributed by atoms with Crippen LogP contribution in [0.5, 0.6) is 5.75 Å². The highest BCUT2D eigenvalue weighted by molar-refractivity contribution is 7.71. The second kappa shape index (κ2) is 8.99. The van der Waals surface area contributed by atoms with Gasteiger partial charge in [0.1, 0.15) is 18.7 Å². The zero-order valence-electron chi connectivity index (χ0n) is 15.3. The van der Waals surface area contributed by atoms with Gasteiger partial charge in [-0.2, -0.15) is 5.10 Å². The molecule has 26 heavy (non-hydrogen) atoms. The molecule has 0 saturated carbocycles. The van der Waals surface area contributed by atoms with Crippen LogP contribution in [0, 0.1) is 4.77 Å². The summed E-state index contributed by atoms with van der Waals surface area (Å²) in [6, 6.07) is 7.84. The minimum atomic E-state index is 0.341. The summed E-state index contributed by atoms with van der Waals surface area (Å²) in [6.07, 6.45) is 1.83. The number of aromatic nitrogens is 3. The Morgan fingerprint density at radius 2 is 1.77 bits per heavy atom. The summed E-state index contributed by atoms with van der Waals surface area (Å²) in [5.74, 6) is 0.864. The monoisotopic (exact) mass is 395 g/mol. The molecule has 142 valence electrons. The van der Waals surface area contributed by atoms with E-state index in [0.29, 0.717) is 12.6 Å². The molecule has 0 aliphatic carbocycles. The van der Waals surface area contributed by atoms with E-state index in [4.69, 9.17) is 28.6 Å². The van der Waals surface area contributed by atoms with Crippen molar-refractivity contribution in [2.75, 3.05) is 39.3 Å². The van der Waals surface area contributed by atoms with Gasteiger partial charge in [-0.3, -0.25) is 9.80 Å². The maximum atomic E-state index is 5.88. The number of hydrogen-bond acceptors (Lipinski definition) is 5. The standard InChI is InChI=1S/C18H26ClN5OS/c1-15(2)23-13-20-24(18(23)26)14-22-9-7-21(8-10-22)11-12-25-17-5-3-16(19)4-6-17/h3-6,13,15H,7-12,14H2,1-2H3. The average molecular weight is 396 g/mol. The topological polar surface area (TPSA) is 38.5 Å². The summed E-state index contributed by atoms with van der Waals surface area (Å²) < 4.78 is 10.5. The zero-order chi connectivity index (χ0) is 18.5. The zero-order valence-corrected chi connectivity index (χ0v) is 16.9. The molecule has 0 unspecified atom stereocenters. The SMILES string of the molecule is CC(C)n1cnn(CN2CCN(CCOc3ccc(Cl)cc3)CC2)c1=S. The first-order chi connectivity index (χ1) is 12.5. The van der Waals surface area contributed by atoms with Crippen LogP contribution in [0.25, 0.3) is 0 Å². The van der Waals surface area contributed by atoms with Crippen LogP contribution in [0.4, 0.5) is 0 Å². The van der Waals surface area contributed by atoms with Crippen LogP contribution in [-0.4, -0.2) is 63.5 Å². The van der Waals surface area contributed by atoms with Crippen LogP contribution in [-0.2, 0) is 6.67 Å². The van der Waals surface area contributed by atoms with Gasteiger partial charge in [-0.1, -0.05) is 11.6 Å². The lowest BCUT2D eigenvalue weighted by atomic mass is 10.3. The molecule has 1 aromatic heterocycles. The van der Waals surface area contributed by atoms with Crippen LogP contribution in [0.3, 0.4) is 0 Å². The Balaban J connectivity index is 1.40. The van der Waals surface area contributed by atoms with Crippen molar-refractivity contribution in [3.8, 4) is 5.75 Å². The van der Waals surface area contributed by atoms with Gasteiger partial charge >= 0.3 is 0 Å². The van der Waals surface area contributed by atoms with Crippen molar-refractivity contribution in [1.29, 1.82) is 0 Å². The first kappa shape index (κ1) is 19.4. The van der Waals surface area contributed by atoms with Crippen molar-refractivity contribution >= 4 is 23.8 Å². The van der Waals surface area contributed by atoms with Crippen LogP contribution >= 0.6 is 23.8 Å². The fourth-order valence-electron chi connectivity index (χ4n) is 2.97. The van der Waals surface area contributed by atoms with E-state index in [-0.39, 0.29) is 0 Å². The van der Waals surface area contributed by atoms with Gasteiger partial charge in [-0.15, -0.1) is 0 Å². The first-order valence-corrected chi connectivity index (χ1v) is 9.78. The van der Waals surface area contributed by atoms with Gasteiger partial charge in [-0.25, -0.2) is 4.68 Å². The largest absolute Gasteiger partial charge is 0.492 e. The van der Waals surface area contributed by atoms with Crippen LogP contribution in [0.15, 0.2) is 30.6 Å². The third kappa shape index (κ3) is 5.07. The maximum Gasteiger partial charge on any atom is 0.199 e. The number of ether oxygens (including phenoxy) is 1. The highest BCUT2D eigenvalue weighted by Gasteiger charge is 2.18. The Morgan fingerprint density at radius 1 is 1.12 bits per heavy atom. The molecule has 1 aromatic carbocycles. The van der Waals surface area contributed by atoms with Crippen molar-refractivity contribution in [3.63, 3.8) is 0 Å². The van der Waals surface area contributed by atoms with Crippen LogP contribution < -0.4 is 4.74 Å². The number of benzene rings is 1. The van der Waals surface area contributed by atoms with Crippen LogP contribution in [0.2, 0.25) is 5.02 Å². The lowest BCUT2D eigenvalue weighted by Crippen LogP contribution is -2.47. The summed E-state index contributed by atoms with van der Waals surface area (Å²) >= 11 is 11.4. The van der Waals surface area contributed by atoms with E-state index >= 15 is 0 Å². The lowest BCUT2D eigenvalue weighted by Gasteiger charge is -2.34. The minimum Gasteiger partial charge on any atom is -0.492 e.